The van der Waals surface area contributed by atoms with Gasteiger partial charge in [0.15, 0.2) is 0 Å². The Kier molecular flexibility index (Phi) is 2.22. The van der Waals surface area contributed by atoms with E-state index in [2.05, 4.69) is 5.32 Å². The van der Waals surface area contributed by atoms with Crippen LogP contribution < -0.4 is 10.8 Å². The van der Waals surface area contributed by atoms with E-state index in [4.69, 9.17) is 7.85 Å². The Balaban J connectivity index is 2.31. The predicted octanol–water partition coefficient (Wildman–Crippen LogP) is -0.257. The summed E-state index contributed by atoms with van der Waals surface area (Å²) in [4.78, 5) is 49.6. The summed E-state index contributed by atoms with van der Waals surface area (Å²) in [5.74, 6) is -2.18. The van der Waals surface area contributed by atoms with Gasteiger partial charge < -0.3 is 0 Å². The molecule has 2 aliphatic heterocycles. The lowest BCUT2D eigenvalue weighted by atomic mass is 9.78. The Morgan fingerprint density at radius 3 is 2.27 bits per heavy atom. The van der Waals surface area contributed by atoms with E-state index in [1.807, 2.05) is 0 Å². The first-order chi connectivity index (χ1) is 10.4. The molecular formula is C15H7BN2O4. The van der Waals surface area contributed by atoms with Gasteiger partial charge in [0.2, 0.25) is 0 Å². The highest BCUT2D eigenvalue weighted by Crippen LogP contribution is 2.34. The zero-order chi connectivity index (χ0) is 15.8. The second kappa shape index (κ2) is 3.82. The maximum absolute atomic E-state index is 12.4. The average Bonchev–Trinajstić information content (AvgIpc) is 2.48. The number of hydrogen-bond acceptors (Lipinski definition) is 4. The van der Waals surface area contributed by atoms with Crippen molar-refractivity contribution >= 4 is 47.7 Å². The number of nitrogens with zero attached hydrogens (tertiary/aromatic N) is 1. The maximum Gasteiger partial charge on any atom is 0.261 e. The summed E-state index contributed by atoms with van der Waals surface area (Å²) in [5.41, 5.74) is 0.958. The van der Waals surface area contributed by atoms with Gasteiger partial charge in [0.05, 0.1) is 0 Å². The van der Waals surface area contributed by atoms with Gasteiger partial charge in [-0.1, -0.05) is 11.5 Å². The Bertz CT molecular complexity index is 964. The van der Waals surface area contributed by atoms with Crippen LogP contribution in [0.3, 0.4) is 0 Å². The molecule has 0 spiro atoms. The summed E-state index contributed by atoms with van der Waals surface area (Å²) in [6.45, 7) is 0. The van der Waals surface area contributed by atoms with Crippen LogP contribution in [0.1, 0.15) is 41.4 Å². The lowest BCUT2D eigenvalue weighted by Crippen LogP contribution is -2.42. The molecule has 6 nitrogen and oxygen atoms in total. The summed E-state index contributed by atoms with van der Waals surface area (Å²) in [6, 6.07) is 4.32. The third kappa shape index (κ3) is 1.30. The summed E-state index contributed by atoms with van der Waals surface area (Å²) in [5, 5.41) is 2.81. The second-order valence-electron chi connectivity index (χ2n) is 5.25. The van der Waals surface area contributed by atoms with Crippen molar-refractivity contribution in [3.63, 3.8) is 0 Å². The van der Waals surface area contributed by atoms with Crippen molar-refractivity contribution in [3.8, 4) is 0 Å². The second-order valence-corrected chi connectivity index (χ2v) is 5.25. The molecule has 22 heavy (non-hydrogen) atoms. The van der Waals surface area contributed by atoms with Crippen molar-refractivity contribution in [2.45, 2.75) is 0 Å². The van der Waals surface area contributed by atoms with Crippen molar-refractivity contribution < 1.29 is 19.2 Å². The number of nitrogens with one attached hydrogen (secondary N) is 1. The summed E-state index contributed by atoms with van der Waals surface area (Å²) < 4.78 is 0. The Morgan fingerprint density at radius 1 is 0.909 bits per heavy atom. The molecule has 4 amide bonds. The van der Waals surface area contributed by atoms with Gasteiger partial charge in [-0.3, -0.25) is 29.4 Å². The lowest BCUT2D eigenvalue weighted by molar-refractivity contribution is 0.0649. The van der Waals surface area contributed by atoms with E-state index in [1.54, 1.807) is 0 Å². The molecular weight excluding hydrogens is 283 g/mol. The van der Waals surface area contributed by atoms with Crippen molar-refractivity contribution in [3.05, 3.63) is 40.5 Å². The SMILES string of the molecule is [B]c1cc2c3c(ccc4c3c1C(=O)N(C)C4=O)C(=O)NC2=O. The number of amides is 4. The Labute approximate surface area is 125 Å². The average molecular weight is 290 g/mol. The Morgan fingerprint density at radius 2 is 1.55 bits per heavy atom. The normalized spacial score (nSPS) is 16.3. The molecule has 0 aromatic heterocycles. The fourth-order valence-electron chi connectivity index (χ4n) is 3.04. The summed E-state index contributed by atoms with van der Waals surface area (Å²) >= 11 is 0. The van der Waals surface area contributed by atoms with E-state index in [0.29, 0.717) is 5.39 Å². The highest BCUT2D eigenvalue weighted by atomic mass is 16.2. The van der Waals surface area contributed by atoms with E-state index >= 15 is 0 Å². The van der Waals surface area contributed by atoms with E-state index < -0.39 is 23.6 Å². The van der Waals surface area contributed by atoms with Crippen LogP contribution in [0.25, 0.3) is 10.8 Å². The van der Waals surface area contributed by atoms with E-state index in [9.17, 15) is 19.2 Å². The van der Waals surface area contributed by atoms with Crippen LogP contribution in [0.15, 0.2) is 18.2 Å². The van der Waals surface area contributed by atoms with Gasteiger partial charge in [0.25, 0.3) is 23.6 Å². The maximum atomic E-state index is 12.4. The molecule has 0 bridgehead atoms. The predicted molar refractivity (Wildman–Crippen MR) is 77.6 cm³/mol. The molecule has 2 radical (unpaired) electrons. The number of carbonyl (C=O) groups excluding carboxylic acids is 4. The quantitative estimate of drug-likeness (QED) is 0.535. The van der Waals surface area contributed by atoms with Crippen molar-refractivity contribution in [1.29, 1.82) is 0 Å². The third-order valence-electron chi connectivity index (χ3n) is 4.08. The molecule has 1 N–H and O–H groups in total. The number of hydrogen-bond donors (Lipinski definition) is 1. The number of benzene rings is 2. The standard InChI is InChI=1S/C15H7BN2O4/c1-18-14(21)6-3-2-5-9-7(13(20)17-12(5)19)4-8(16)11(10(6)9)15(18)22/h2-4H,1H3,(H,17,19,20). The first kappa shape index (κ1) is 12.8. The summed E-state index contributed by atoms with van der Waals surface area (Å²) in [7, 11) is 7.29. The molecule has 7 heteroatoms. The van der Waals surface area contributed by atoms with E-state index in [0.717, 1.165) is 4.90 Å². The molecule has 4 rings (SSSR count). The lowest BCUT2D eigenvalue weighted by Gasteiger charge is -2.28. The van der Waals surface area contributed by atoms with Gasteiger partial charge >= 0.3 is 0 Å². The fraction of sp³-hybridized carbons (Fsp3) is 0.0667. The van der Waals surface area contributed by atoms with Gasteiger partial charge in [-0.15, -0.1) is 0 Å². The highest BCUT2D eigenvalue weighted by Gasteiger charge is 2.36. The zero-order valence-corrected chi connectivity index (χ0v) is 11.4. The van der Waals surface area contributed by atoms with Crippen LogP contribution in [0.4, 0.5) is 0 Å². The number of carbonyl (C=O) groups is 4. The minimum atomic E-state index is -0.591. The van der Waals surface area contributed by atoms with Gasteiger partial charge in [-0.25, -0.2) is 0 Å². The first-order valence-corrected chi connectivity index (χ1v) is 6.49. The van der Waals surface area contributed by atoms with Gasteiger partial charge in [0, 0.05) is 40.1 Å². The Hall–Kier alpha value is -2.96. The molecule has 0 saturated carbocycles. The van der Waals surface area contributed by atoms with Crippen LogP contribution in [0.2, 0.25) is 0 Å². The molecule has 104 valence electrons. The van der Waals surface area contributed by atoms with E-state index in [1.165, 1.54) is 25.2 Å². The van der Waals surface area contributed by atoms with Gasteiger partial charge in [-0.05, 0) is 12.1 Å². The summed E-state index contributed by atoms with van der Waals surface area (Å²) in [6.07, 6.45) is 0. The molecule has 0 fully saturated rings. The molecule has 2 aromatic rings. The third-order valence-corrected chi connectivity index (χ3v) is 4.08. The molecule has 0 saturated heterocycles. The van der Waals surface area contributed by atoms with Crippen LogP contribution in [0, 0.1) is 0 Å². The van der Waals surface area contributed by atoms with Gasteiger partial charge in [-0.2, -0.15) is 0 Å². The first-order valence-electron chi connectivity index (χ1n) is 6.49. The minimum absolute atomic E-state index is 0.106. The van der Waals surface area contributed by atoms with E-state index in [-0.39, 0.29) is 33.1 Å². The van der Waals surface area contributed by atoms with Gasteiger partial charge in [0.1, 0.15) is 7.85 Å². The largest absolute Gasteiger partial charge is 0.288 e. The molecule has 2 aliphatic rings. The minimum Gasteiger partial charge on any atom is -0.288 e. The number of imide groups is 2. The van der Waals surface area contributed by atoms with Crippen LogP contribution >= 0.6 is 0 Å². The molecule has 0 unspecified atom stereocenters. The van der Waals surface area contributed by atoms with Crippen LogP contribution in [-0.4, -0.2) is 43.4 Å². The van der Waals surface area contributed by atoms with Crippen molar-refractivity contribution in [2.75, 3.05) is 7.05 Å². The van der Waals surface area contributed by atoms with Crippen molar-refractivity contribution in [1.82, 2.24) is 10.2 Å². The van der Waals surface area contributed by atoms with Crippen molar-refractivity contribution in [2.24, 2.45) is 0 Å². The highest BCUT2D eigenvalue weighted by molar-refractivity contribution is 6.44. The molecule has 2 heterocycles. The molecule has 2 aromatic carbocycles. The number of rotatable bonds is 0. The monoisotopic (exact) mass is 290 g/mol. The van der Waals surface area contributed by atoms with Crippen LogP contribution in [-0.2, 0) is 0 Å². The smallest absolute Gasteiger partial charge is 0.261 e. The zero-order valence-electron chi connectivity index (χ0n) is 11.4. The topological polar surface area (TPSA) is 83.6 Å². The van der Waals surface area contributed by atoms with Crippen LogP contribution in [0.5, 0.6) is 0 Å². The molecule has 0 atom stereocenters. The molecule has 0 aliphatic carbocycles. The fourth-order valence-corrected chi connectivity index (χ4v) is 3.04.